The van der Waals surface area contributed by atoms with Crippen LogP contribution in [0.15, 0.2) is 113 Å². The van der Waals surface area contributed by atoms with Gasteiger partial charge in [0.05, 0.1) is 24.4 Å². The molecule has 4 aromatic carbocycles. The summed E-state index contributed by atoms with van der Waals surface area (Å²) in [5.74, 6) is 0.158. The lowest BCUT2D eigenvalue weighted by molar-refractivity contribution is 0.0708. The molecule has 6 nitrogen and oxygen atoms in total. The molecule has 0 aromatic heterocycles. The van der Waals surface area contributed by atoms with Crippen LogP contribution in [0.1, 0.15) is 44.3 Å². The van der Waals surface area contributed by atoms with Gasteiger partial charge in [0, 0.05) is 28.1 Å². The maximum Gasteiger partial charge on any atom is 0.343 e. The molecule has 1 heterocycles. The minimum absolute atomic E-state index is 0.208. The van der Waals surface area contributed by atoms with E-state index in [1.807, 2.05) is 48.5 Å². The number of hydrogen-bond acceptors (Lipinski definition) is 5. The van der Waals surface area contributed by atoms with Crippen LogP contribution in [0.2, 0.25) is 0 Å². The second kappa shape index (κ2) is 10.8. The zero-order valence-corrected chi connectivity index (χ0v) is 21.6. The van der Waals surface area contributed by atoms with Crippen LogP contribution >= 0.6 is 15.9 Å². The third kappa shape index (κ3) is 5.32. The van der Waals surface area contributed by atoms with Crippen LogP contribution in [0, 0.1) is 0 Å². The summed E-state index contributed by atoms with van der Waals surface area (Å²) >= 11 is 3.48. The van der Waals surface area contributed by atoms with Crippen molar-refractivity contribution in [2.75, 3.05) is 7.11 Å². The highest BCUT2D eigenvalue weighted by Crippen LogP contribution is 2.37. The van der Waals surface area contributed by atoms with E-state index in [2.05, 4.69) is 15.9 Å². The Bertz CT molecular complexity index is 1450. The molecular formula is C30H23BrN2O4. The second-order valence-corrected chi connectivity index (χ2v) is 9.37. The van der Waals surface area contributed by atoms with Crippen molar-refractivity contribution in [2.24, 2.45) is 5.10 Å². The summed E-state index contributed by atoms with van der Waals surface area (Å²) in [6.45, 7) is 0. The van der Waals surface area contributed by atoms with Gasteiger partial charge < -0.3 is 9.47 Å². The van der Waals surface area contributed by atoms with E-state index in [-0.39, 0.29) is 11.9 Å². The first-order valence-electron chi connectivity index (χ1n) is 11.7. The molecule has 1 atom stereocenters. The molecule has 0 aliphatic carbocycles. The summed E-state index contributed by atoms with van der Waals surface area (Å²) < 4.78 is 12.1. The number of nitrogens with zero attached hydrogens (tertiary/aromatic N) is 2. The molecule has 1 amide bonds. The number of ether oxygens (including phenoxy) is 2. The van der Waals surface area contributed by atoms with Crippen LogP contribution in [-0.4, -0.2) is 29.7 Å². The van der Waals surface area contributed by atoms with Crippen molar-refractivity contribution >= 4 is 33.5 Å². The molecule has 37 heavy (non-hydrogen) atoms. The average Bonchev–Trinajstić information content (AvgIpc) is 3.39. The number of carbonyl (C=O) groups is 2. The third-order valence-corrected chi connectivity index (χ3v) is 6.63. The Hall–Kier alpha value is -4.23. The molecule has 4 aromatic rings. The standard InChI is InChI=1S/C30H23BrN2O4/c1-36-24-16-17-25(28(18-24)37-30(35)22-10-6-3-7-11-22)26-19-27(20-12-14-23(31)15-13-20)33(32-26)29(34)21-8-4-2-5-9-21/h2-18,27H,19H2,1H3. The number of hydrogen-bond donors (Lipinski definition) is 0. The van der Waals surface area contributed by atoms with Crippen molar-refractivity contribution in [1.29, 1.82) is 0 Å². The van der Waals surface area contributed by atoms with E-state index in [9.17, 15) is 9.59 Å². The van der Waals surface area contributed by atoms with E-state index in [0.717, 1.165) is 10.0 Å². The van der Waals surface area contributed by atoms with E-state index in [0.29, 0.717) is 40.3 Å². The Balaban J connectivity index is 1.54. The molecule has 0 spiro atoms. The molecule has 0 fully saturated rings. The van der Waals surface area contributed by atoms with Gasteiger partial charge in [0.15, 0.2) is 0 Å². The number of amides is 1. The fraction of sp³-hybridized carbons (Fsp3) is 0.100. The van der Waals surface area contributed by atoms with Gasteiger partial charge in [0.25, 0.3) is 5.91 Å². The molecule has 0 saturated carbocycles. The number of carbonyl (C=O) groups excluding carboxylic acids is 2. The van der Waals surface area contributed by atoms with Gasteiger partial charge in [0.1, 0.15) is 11.5 Å². The third-order valence-electron chi connectivity index (χ3n) is 6.11. The summed E-state index contributed by atoms with van der Waals surface area (Å²) in [5, 5.41) is 6.28. The highest BCUT2D eigenvalue weighted by atomic mass is 79.9. The molecular weight excluding hydrogens is 532 g/mol. The van der Waals surface area contributed by atoms with Crippen LogP contribution in [0.5, 0.6) is 11.5 Å². The normalized spacial score (nSPS) is 14.7. The highest BCUT2D eigenvalue weighted by Gasteiger charge is 2.35. The number of hydrazone groups is 1. The lowest BCUT2D eigenvalue weighted by Crippen LogP contribution is -2.27. The van der Waals surface area contributed by atoms with Gasteiger partial charge in [-0.25, -0.2) is 9.80 Å². The lowest BCUT2D eigenvalue weighted by atomic mass is 9.97. The topological polar surface area (TPSA) is 68.2 Å². The minimum atomic E-state index is -0.490. The highest BCUT2D eigenvalue weighted by molar-refractivity contribution is 9.10. The molecule has 0 N–H and O–H groups in total. The Labute approximate surface area is 223 Å². The molecule has 7 heteroatoms. The zero-order valence-electron chi connectivity index (χ0n) is 20.0. The SMILES string of the molecule is COc1ccc(C2=NN(C(=O)c3ccccc3)C(c3ccc(Br)cc3)C2)c(OC(=O)c2ccccc2)c1. The van der Waals surface area contributed by atoms with Crippen molar-refractivity contribution in [3.63, 3.8) is 0 Å². The minimum Gasteiger partial charge on any atom is -0.497 e. The van der Waals surface area contributed by atoms with Gasteiger partial charge in [-0.05, 0) is 54.1 Å². The van der Waals surface area contributed by atoms with Crippen molar-refractivity contribution in [1.82, 2.24) is 5.01 Å². The van der Waals surface area contributed by atoms with E-state index in [4.69, 9.17) is 14.6 Å². The van der Waals surface area contributed by atoms with E-state index < -0.39 is 5.97 Å². The quantitative estimate of drug-likeness (QED) is 0.197. The summed E-state index contributed by atoms with van der Waals surface area (Å²) in [7, 11) is 1.55. The maximum atomic E-state index is 13.5. The fourth-order valence-corrected chi connectivity index (χ4v) is 4.47. The Kier molecular flexibility index (Phi) is 7.14. The number of methoxy groups -OCH3 is 1. The Morgan fingerprint density at radius 2 is 1.51 bits per heavy atom. The number of esters is 1. The van der Waals surface area contributed by atoms with Gasteiger partial charge in [-0.2, -0.15) is 5.10 Å². The van der Waals surface area contributed by atoms with Crippen molar-refractivity contribution in [3.05, 3.63) is 130 Å². The molecule has 0 saturated heterocycles. The fourth-order valence-electron chi connectivity index (χ4n) is 4.20. The lowest BCUT2D eigenvalue weighted by Gasteiger charge is -2.22. The molecule has 184 valence electrons. The van der Waals surface area contributed by atoms with Gasteiger partial charge in [-0.1, -0.05) is 64.5 Å². The van der Waals surface area contributed by atoms with Gasteiger partial charge >= 0.3 is 5.97 Å². The first-order chi connectivity index (χ1) is 18.0. The van der Waals surface area contributed by atoms with Gasteiger partial charge in [0.2, 0.25) is 0 Å². The molecule has 5 rings (SSSR count). The first-order valence-corrected chi connectivity index (χ1v) is 12.5. The van der Waals surface area contributed by atoms with Crippen LogP contribution < -0.4 is 9.47 Å². The number of halogens is 1. The van der Waals surface area contributed by atoms with Crippen molar-refractivity contribution in [3.8, 4) is 11.5 Å². The summed E-state index contributed by atoms with van der Waals surface area (Å²) in [5.41, 5.74) is 3.17. The molecule has 0 radical (unpaired) electrons. The first kappa shape index (κ1) is 24.5. The van der Waals surface area contributed by atoms with Gasteiger partial charge in [-0.3, -0.25) is 4.79 Å². The van der Waals surface area contributed by atoms with Crippen LogP contribution in [-0.2, 0) is 0 Å². The van der Waals surface area contributed by atoms with Gasteiger partial charge in [-0.15, -0.1) is 0 Å². The average molecular weight is 555 g/mol. The van der Waals surface area contributed by atoms with Crippen LogP contribution in [0.4, 0.5) is 0 Å². The predicted octanol–water partition coefficient (Wildman–Crippen LogP) is 6.67. The molecule has 0 bridgehead atoms. The number of benzene rings is 4. The van der Waals surface area contributed by atoms with E-state index in [1.54, 1.807) is 61.7 Å². The number of rotatable bonds is 6. The van der Waals surface area contributed by atoms with Crippen molar-refractivity contribution in [2.45, 2.75) is 12.5 Å². The Morgan fingerprint density at radius 1 is 0.865 bits per heavy atom. The summed E-state index contributed by atoms with van der Waals surface area (Å²) in [6.07, 6.45) is 0.447. The monoisotopic (exact) mass is 554 g/mol. The van der Waals surface area contributed by atoms with E-state index >= 15 is 0 Å². The summed E-state index contributed by atoms with van der Waals surface area (Å²) in [6, 6.07) is 30.6. The smallest absolute Gasteiger partial charge is 0.343 e. The second-order valence-electron chi connectivity index (χ2n) is 8.45. The zero-order chi connectivity index (χ0) is 25.8. The van der Waals surface area contributed by atoms with Crippen LogP contribution in [0.25, 0.3) is 0 Å². The molecule has 1 aliphatic rings. The largest absolute Gasteiger partial charge is 0.497 e. The van der Waals surface area contributed by atoms with Crippen LogP contribution in [0.3, 0.4) is 0 Å². The summed E-state index contributed by atoms with van der Waals surface area (Å²) in [4.78, 5) is 26.4. The predicted molar refractivity (Wildman–Crippen MR) is 145 cm³/mol. The molecule has 1 unspecified atom stereocenters. The maximum absolute atomic E-state index is 13.5. The molecule has 1 aliphatic heterocycles. The Morgan fingerprint density at radius 3 is 2.16 bits per heavy atom. The van der Waals surface area contributed by atoms with Crippen molar-refractivity contribution < 1.29 is 19.1 Å². The van der Waals surface area contributed by atoms with E-state index in [1.165, 1.54) is 5.01 Å².